The first kappa shape index (κ1) is 16.2. The van der Waals surface area contributed by atoms with E-state index < -0.39 is 0 Å². The maximum atomic E-state index is 10.4. The van der Waals surface area contributed by atoms with Crippen LogP contribution in [0.25, 0.3) is 0 Å². The van der Waals surface area contributed by atoms with Gasteiger partial charge in [-0.1, -0.05) is 52.7 Å². The van der Waals surface area contributed by atoms with Crippen LogP contribution in [0.5, 0.6) is 0 Å². The molecule has 0 amide bonds. The number of hydrogen-bond donors (Lipinski definition) is 0. The van der Waals surface area contributed by atoms with Gasteiger partial charge < -0.3 is 0 Å². The van der Waals surface area contributed by atoms with Crippen LogP contribution in [-0.2, 0) is 4.79 Å². The highest BCUT2D eigenvalue weighted by Crippen LogP contribution is 2.38. The smallest absolute Gasteiger partial charge is 0.211 e. The Labute approximate surface area is 118 Å². The van der Waals surface area contributed by atoms with Gasteiger partial charge in [0, 0.05) is 0 Å². The standard InChI is InChI=1S/C17H29NO/c1-5-6-16(18-12-19)9-8-15-11-14(4)7-10-17(15)13(2)3/h8-9,13-17H,5-7,10-11H2,1-4H3/t14-,15-,16-,17+/m1/s1. The van der Waals surface area contributed by atoms with Crippen molar-refractivity contribution >= 4 is 6.08 Å². The molecule has 0 saturated heterocycles. The van der Waals surface area contributed by atoms with Crippen molar-refractivity contribution in [3.8, 4) is 0 Å². The van der Waals surface area contributed by atoms with Crippen LogP contribution in [0.2, 0.25) is 0 Å². The fourth-order valence-electron chi connectivity index (χ4n) is 3.34. The Morgan fingerprint density at radius 1 is 1.37 bits per heavy atom. The zero-order chi connectivity index (χ0) is 14.3. The molecule has 2 heteroatoms. The maximum Gasteiger partial charge on any atom is 0.235 e. The van der Waals surface area contributed by atoms with E-state index in [1.807, 2.05) is 0 Å². The van der Waals surface area contributed by atoms with Gasteiger partial charge in [-0.15, -0.1) is 0 Å². The molecule has 0 spiro atoms. The topological polar surface area (TPSA) is 29.4 Å². The molecular weight excluding hydrogens is 234 g/mol. The maximum absolute atomic E-state index is 10.4. The summed E-state index contributed by atoms with van der Waals surface area (Å²) in [5, 5.41) is 0. The Morgan fingerprint density at radius 2 is 2.11 bits per heavy atom. The highest BCUT2D eigenvalue weighted by atomic mass is 16.1. The summed E-state index contributed by atoms with van der Waals surface area (Å²) in [4.78, 5) is 14.3. The molecule has 0 aromatic rings. The third kappa shape index (κ3) is 5.32. The summed E-state index contributed by atoms with van der Waals surface area (Å²) in [6.45, 7) is 9.13. The fraction of sp³-hybridized carbons (Fsp3) is 0.824. The van der Waals surface area contributed by atoms with Gasteiger partial charge in [0.1, 0.15) is 0 Å². The molecule has 0 aromatic carbocycles. The normalized spacial score (nSPS) is 29.4. The van der Waals surface area contributed by atoms with Gasteiger partial charge in [-0.05, 0) is 42.9 Å². The summed E-state index contributed by atoms with van der Waals surface area (Å²) >= 11 is 0. The van der Waals surface area contributed by atoms with Gasteiger partial charge in [-0.2, -0.15) is 4.99 Å². The van der Waals surface area contributed by atoms with Gasteiger partial charge >= 0.3 is 0 Å². The molecule has 19 heavy (non-hydrogen) atoms. The van der Waals surface area contributed by atoms with Gasteiger partial charge in [0.15, 0.2) is 0 Å². The Kier molecular flexibility index (Phi) is 7.09. The predicted molar refractivity (Wildman–Crippen MR) is 80.8 cm³/mol. The van der Waals surface area contributed by atoms with E-state index in [9.17, 15) is 4.79 Å². The summed E-state index contributed by atoms with van der Waals surface area (Å²) in [5.41, 5.74) is 0. The van der Waals surface area contributed by atoms with Crippen molar-refractivity contribution in [2.75, 3.05) is 0 Å². The van der Waals surface area contributed by atoms with E-state index >= 15 is 0 Å². The van der Waals surface area contributed by atoms with Crippen molar-refractivity contribution in [1.29, 1.82) is 0 Å². The van der Waals surface area contributed by atoms with E-state index in [1.54, 1.807) is 6.08 Å². The highest BCUT2D eigenvalue weighted by Gasteiger charge is 2.28. The van der Waals surface area contributed by atoms with E-state index in [-0.39, 0.29) is 6.04 Å². The first-order chi connectivity index (χ1) is 9.08. The minimum atomic E-state index is 0.0348. The molecule has 4 atom stereocenters. The van der Waals surface area contributed by atoms with Crippen LogP contribution in [0.1, 0.15) is 59.8 Å². The summed E-state index contributed by atoms with van der Waals surface area (Å²) in [5.74, 6) is 3.00. The largest absolute Gasteiger partial charge is 0.235 e. The molecule has 0 aliphatic heterocycles. The quantitative estimate of drug-likeness (QED) is 0.386. The lowest BCUT2D eigenvalue weighted by Gasteiger charge is -2.36. The van der Waals surface area contributed by atoms with Crippen LogP contribution in [0.4, 0.5) is 0 Å². The first-order valence-electron chi connectivity index (χ1n) is 7.83. The molecule has 0 unspecified atom stereocenters. The van der Waals surface area contributed by atoms with Gasteiger partial charge in [0.2, 0.25) is 6.08 Å². The van der Waals surface area contributed by atoms with Crippen LogP contribution < -0.4 is 0 Å². The molecule has 0 aromatic heterocycles. The van der Waals surface area contributed by atoms with E-state index in [4.69, 9.17) is 0 Å². The lowest BCUT2D eigenvalue weighted by Crippen LogP contribution is -2.26. The van der Waals surface area contributed by atoms with Gasteiger partial charge in [-0.3, -0.25) is 0 Å². The molecule has 1 fully saturated rings. The molecular formula is C17H29NO. The lowest BCUT2D eigenvalue weighted by molar-refractivity contribution is 0.178. The van der Waals surface area contributed by atoms with Crippen LogP contribution in [0, 0.1) is 23.7 Å². The zero-order valence-corrected chi connectivity index (χ0v) is 12.9. The SMILES string of the molecule is CCC[C@H](C=C[C@@H]1C[C@H](C)CC[C@H]1C(C)C)N=C=O. The van der Waals surface area contributed by atoms with Crippen molar-refractivity contribution in [1.82, 2.24) is 0 Å². The monoisotopic (exact) mass is 263 g/mol. The summed E-state index contributed by atoms with van der Waals surface area (Å²) in [7, 11) is 0. The summed E-state index contributed by atoms with van der Waals surface area (Å²) < 4.78 is 0. The summed E-state index contributed by atoms with van der Waals surface area (Å²) in [6.07, 6.45) is 12.2. The van der Waals surface area contributed by atoms with Crippen molar-refractivity contribution in [2.24, 2.45) is 28.7 Å². The number of nitrogens with zero attached hydrogens (tertiary/aromatic N) is 1. The Hall–Kier alpha value is -0.880. The van der Waals surface area contributed by atoms with Crippen LogP contribution in [-0.4, -0.2) is 12.1 Å². The van der Waals surface area contributed by atoms with Crippen LogP contribution in [0.3, 0.4) is 0 Å². The van der Waals surface area contributed by atoms with Gasteiger partial charge in [-0.25, -0.2) is 4.79 Å². The zero-order valence-electron chi connectivity index (χ0n) is 12.9. The molecule has 1 aliphatic rings. The van der Waals surface area contributed by atoms with E-state index in [1.165, 1.54) is 19.3 Å². The fourth-order valence-corrected chi connectivity index (χ4v) is 3.34. The van der Waals surface area contributed by atoms with Crippen molar-refractivity contribution < 1.29 is 4.79 Å². The van der Waals surface area contributed by atoms with Crippen molar-refractivity contribution in [3.63, 3.8) is 0 Å². The van der Waals surface area contributed by atoms with Gasteiger partial charge in [0.05, 0.1) is 6.04 Å². The molecule has 1 aliphatic carbocycles. The molecule has 0 bridgehead atoms. The molecule has 0 N–H and O–H groups in total. The van der Waals surface area contributed by atoms with E-state index in [0.717, 1.165) is 30.6 Å². The number of rotatable bonds is 6. The second kappa shape index (κ2) is 8.32. The third-order valence-electron chi connectivity index (χ3n) is 4.46. The molecule has 0 radical (unpaired) electrons. The van der Waals surface area contributed by atoms with Crippen molar-refractivity contribution in [2.45, 2.75) is 65.8 Å². The van der Waals surface area contributed by atoms with Gasteiger partial charge in [0.25, 0.3) is 0 Å². The Balaban J connectivity index is 2.70. The van der Waals surface area contributed by atoms with Crippen molar-refractivity contribution in [3.05, 3.63) is 12.2 Å². The number of hydrogen-bond acceptors (Lipinski definition) is 2. The predicted octanol–water partition coefficient (Wildman–Crippen LogP) is 4.76. The van der Waals surface area contributed by atoms with E-state index in [2.05, 4.69) is 44.8 Å². The molecule has 0 heterocycles. The lowest BCUT2D eigenvalue weighted by atomic mass is 9.70. The summed E-state index contributed by atoms with van der Waals surface area (Å²) in [6, 6.07) is 0.0348. The average molecular weight is 263 g/mol. The van der Waals surface area contributed by atoms with Crippen LogP contribution >= 0.6 is 0 Å². The minimum absolute atomic E-state index is 0.0348. The second-order valence-corrected chi connectivity index (χ2v) is 6.45. The molecule has 2 nitrogen and oxygen atoms in total. The van der Waals surface area contributed by atoms with E-state index in [0.29, 0.717) is 5.92 Å². The second-order valence-electron chi connectivity index (χ2n) is 6.45. The average Bonchev–Trinajstić information content (AvgIpc) is 2.36. The number of carbonyl (C=O) groups excluding carboxylic acids is 1. The number of allylic oxidation sites excluding steroid dienone is 1. The minimum Gasteiger partial charge on any atom is -0.211 e. The molecule has 108 valence electrons. The Morgan fingerprint density at radius 3 is 2.68 bits per heavy atom. The Bertz CT molecular complexity index is 328. The molecule has 1 saturated carbocycles. The first-order valence-corrected chi connectivity index (χ1v) is 7.83. The molecule has 1 rings (SSSR count). The number of aliphatic imine (C=N–C) groups is 1. The number of isocyanates is 1. The van der Waals surface area contributed by atoms with Crippen LogP contribution in [0.15, 0.2) is 17.1 Å². The highest BCUT2D eigenvalue weighted by molar-refractivity contribution is 5.34. The third-order valence-corrected chi connectivity index (χ3v) is 4.46.